The molecule has 4 heteroatoms. The van der Waals surface area contributed by atoms with Crippen LogP contribution in [-0.2, 0) is 6.54 Å². The van der Waals surface area contributed by atoms with Crippen molar-refractivity contribution < 1.29 is 4.39 Å². The van der Waals surface area contributed by atoms with Gasteiger partial charge in [-0.25, -0.2) is 4.39 Å². The van der Waals surface area contributed by atoms with Crippen LogP contribution in [-0.4, -0.2) is 17.5 Å². The zero-order valence-corrected chi connectivity index (χ0v) is 10.4. The molecule has 2 rings (SSSR count). The van der Waals surface area contributed by atoms with E-state index in [0.717, 1.165) is 5.75 Å². The first kappa shape index (κ1) is 12.4. The Hall–Kier alpha value is -1.05. The van der Waals surface area contributed by atoms with E-state index in [4.69, 9.17) is 5.26 Å². The number of hydrogen-bond acceptors (Lipinski definition) is 3. The zero-order valence-electron chi connectivity index (χ0n) is 9.58. The van der Waals surface area contributed by atoms with Gasteiger partial charge in [0.15, 0.2) is 0 Å². The van der Waals surface area contributed by atoms with Crippen LogP contribution in [0.15, 0.2) is 18.2 Å². The first-order valence-electron chi connectivity index (χ1n) is 5.79. The van der Waals surface area contributed by atoms with E-state index in [1.165, 1.54) is 24.7 Å². The summed E-state index contributed by atoms with van der Waals surface area (Å²) in [7, 11) is 0. The number of halogens is 1. The molecule has 0 radical (unpaired) electrons. The van der Waals surface area contributed by atoms with Gasteiger partial charge < -0.3 is 5.32 Å². The molecule has 0 spiro atoms. The molecule has 1 aromatic carbocycles. The Labute approximate surface area is 105 Å². The second-order valence-corrected chi connectivity index (χ2v) is 5.36. The average Bonchev–Trinajstić information content (AvgIpc) is 2.38. The maximum Gasteiger partial charge on any atom is 0.129 e. The Kier molecular flexibility index (Phi) is 4.41. The van der Waals surface area contributed by atoms with Crippen molar-refractivity contribution >= 4 is 11.8 Å². The lowest BCUT2D eigenvalue weighted by molar-refractivity contribution is 0.496. The fraction of sp³-hybridized carbons (Fsp3) is 0.462. The number of hydrogen-bond donors (Lipinski definition) is 1. The second-order valence-electron chi connectivity index (χ2n) is 4.21. The van der Waals surface area contributed by atoms with E-state index >= 15 is 0 Å². The summed E-state index contributed by atoms with van der Waals surface area (Å²) in [6, 6.07) is 7.08. The molecule has 0 saturated carbocycles. The molecule has 90 valence electrons. The molecule has 0 aliphatic carbocycles. The number of rotatable bonds is 3. The summed E-state index contributed by atoms with van der Waals surface area (Å²) in [5, 5.41) is 12.0. The Morgan fingerprint density at radius 2 is 2.41 bits per heavy atom. The standard InChI is InChI=1S/C13H15FN2S/c14-13-6-10(7-15)3-4-11(13)8-16-12-2-1-5-17-9-12/h3-4,6,12,16H,1-2,5,8-9H2. The molecule has 17 heavy (non-hydrogen) atoms. The van der Waals surface area contributed by atoms with Crippen molar-refractivity contribution in [2.75, 3.05) is 11.5 Å². The minimum Gasteiger partial charge on any atom is -0.309 e. The monoisotopic (exact) mass is 250 g/mol. The fourth-order valence-corrected chi connectivity index (χ4v) is 3.02. The number of nitriles is 1. The third-order valence-electron chi connectivity index (χ3n) is 2.92. The van der Waals surface area contributed by atoms with E-state index < -0.39 is 0 Å². The smallest absolute Gasteiger partial charge is 0.129 e. The predicted molar refractivity (Wildman–Crippen MR) is 68.3 cm³/mol. The van der Waals surface area contributed by atoms with Crippen LogP contribution in [0.5, 0.6) is 0 Å². The van der Waals surface area contributed by atoms with Crippen LogP contribution >= 0.6 is 11.8 Å². The van der Waals surface area contributed by atoms with E-state index in [1.807, 2.05) is 17.8 Å². The summed E-state index contributed by atoms with van der Waals surface area (Å²) >= 11 is 1.95. The lowest BCUT2D eigenvalue weighted by Crippen LogP contribution is -2.33. The highest BCUT2D eigenvalue weighted by atomic mass is 32.2. The highest BCUT2D eigenvalue weighted by molar-refractivity contribution is 7.99. The summed E-state index contributed by atoms with van der Waals surface area (Å²) in [6.45, 7) is 0.544. The van der Waals surface area contributed by atoms with Crippen LogP contribution < -0.4 is 5.32 Å². The van der Waals surface area contributed by atoms with Gasteiger partial charge >= 0.3 is 0 Å². The Morgan fingerprint density at radius 3 is 3.06 bits per heavy atom. The largest absolute Gasteiger partial charge is 0.309 e. The minimum absolute atomic E-state index is 0.292. The van der Waals surface area contributed by atoms with Gasteiger partial charge in [0.05, 0.1) is 11.6 Å². The molecular formula is C13H15FN2S. The summed E-state index contributed by atoms with van der Waals surface area (Å²) in [6.07, 6.45) is 2.41. The summed E-state index contributed by atoms with van der Waals surface area (Å²) in [5.74, 6) is 2.06. The van der Waals surface area contributed by atoms with Gasteiger partial charge in [0.1, 0.15) is 5.82 Å². The summed E-state index contributed by atoms with van der Waals surface area (Å²) in [4.78, 5) is 0. The number of thioether (sulfide) groups is 1. The quantitative estimate of drug-likeness (QED) is 0.896. The topological polar surface area (TPSA) is 35.8 Å². The molecule has 0 amide bonds. The van der Waals surface area contributed by atoms with Gasteiger partial charge in [-0.2, -0.15) is 17.0 Å². The van der Waals surface area contributed by atoms with Gasteiger partial charge in [0.2, 0.25) is 0 Å². The SMILES string of the molecule is N#Cc1ccc(CNC2CCCSC2)c(F)c1. The first-order chi connectivity index (χ1) is 8.29. The number of nitrogens with zero attached hydrogens (tertiary/aromatic N) is 1. The maximum absolute atomic E-state index is 13.6. The fourth-order valence-electron chi connectivity index (χ4n) is 1.92. The predicted octanol–water partition coefficient (Wildman–Crippen LogP) is 2.68. The molecule has 1 heterocycles. The van der Waals surface area contributed by atoms with Crippen molar-refractivity contribution in [3.8, 4) is 6.07 Å². The van der Waals surface area contributed by atoms with Gasteiger partial charge in [0, 0.05) is 23.9 Å². The molecule has 1 aliphatic heterocycles. The lowest BCUT2D eigenvalue weighted by atomic mass is 10.1. The second kappa shape index (κ2) is 6.04. The van der Waals surface area contributed by atoms with Crippen LogP contribution in [0.1, 0.15) is 24.0 Å². The molecule has 1 N–H and O–H groups in total. The van der Waals surface area contributed by atoms with Crippen molar-refractivity contribution in [1.82, 2.24) is 5.32 Å². The minimum atomic E-state index is -0.292. The lowest BCUT2D eigenvalue weighted by Gasteiger charge is -2.22. The Balaban J connectivity index is 1.92. The number of nitrogens with one attached hydrogen (secondary N) is 1. The van der Waals surface area contributed by atoms with Crippen molar-refractivity contribution in [3.63, 3.8) is 0 Å². The summed E-state index contributed by atoms with van der Waals surface area (Å²) < 4.78 is 13.6. The molecule has 2 nitrogen and oxygen atoms in total. The highest BCUT2D eigenvalue weighted by Gasteiger charge is 2.13. The van der Waals surface area contributed by atoms with Gasteiger partial charge in [-0.15, -0.1) is 0 Å². The van der Waals surface area contributed by atoms with Crippen molar-refractivity contribution in [2.45, 2.75) is 25.4 Å². The van der Waals surface area contributed by atoms with Crippen molar-refractivity contribution in [1.29, 1.82) is 5.26 Å². The van der Waals surface area contributed by atoms with Crippen LogP contribution in [0.4, 0.5) is 4.39 Å². The van der Waals surface area contributed by atoms with Gasteiger partial charge in [-0.1, -0.05) is 6.07 Å². The van der Waals surface area contributed by atoms with E-state index in [1.54, 1.807) is 12.1 Å². The molecular weight excluding hydrogens is 235 g/mol. The van der Waals surface area contributed by atoms with Crippen molar-refractivity contribution in [3.05, 3.63) is 35.1 Å². The van der Waals surface area contributed by atoms with Gasteiger partial charge in [0.25, 0.3) is 0 Å². The molecule has 1 atom stereocenters. The molecule has 1 unspecified atom stereocenters. The summed E-state index contributed by atoms with van der Waals surface area (Å²) in [5.41, 5.74) is 1.01. The normalized spacial score (nSPS) is 19.9. The molecule has 1 aromatic rings. The molecule has 1 aliphatic rings. The number of benzene rings is 1. The van der Waals surface area contributed by atoms with Crippen LogP contribution in [0, 0.1) is 17.1 Å². The molecule has 0 bridgehead atoms. The van der Waals surface area contributed by atoms with E-state index in [-0.39, 0.29) is 5.82 Å². The molecule has 0 aromatic heterocycles. The van der Waals surface area contributed by atoms with E-state index in [0.29, 0.717) is 23.7 Å². The molecule has 1 fully saturated rings. The average molecular weight is 250 g/mol. The van der Waals surface area contributed by atoms with Crippen LogP contribution in [0.3, 0.4) is 0 Å². The zero-order chi connectivity index (χ0) is 12.1. The van der Waals surface area contributed by atoms with Crippen LogP contribution in [0.25, 0.3) is 0 Å². The third-order valence-corrected chi connectivity index (χ3v) is 4.14. The Morgan fingerprint density at radius 1 is 1.53 bits per heavy atom. The first-order valence-corrected chi connectivity index (χ1v) is 6.94. The maximum atomic E-state index is 13.6. The van der Waals surface area contributed by atoms with E-state index in [9.17, 15) is 4.39 Å². The van der Waals surface area contributed by atoms with Crippen molar-refractivity contribution in [2.24, 2.45) is 0 Å². The molecule has 1 saturated heterocycles. The highest BCUT2D eigenvalue weighted by Crippen LogP contribution is 2.18. The van der Waals surface area contributed by atoms with Gasteiger partial charge in [-0.05, 0) is 30.7 Å². The third kappa shape index (κ3) is 3.45. The van der Waals surface area contributed by atoms with E-state index in [2.05, 4.69) is 5.32 Å². The Bertz CT molecular complexity index is 422. The van der Waals surface area contributed by atoms with Crippen LogP contribution in [0.2, 0.25) is 0 Å². The van der Waals surface area contributed by atoms with Gasteiger partial charge in [-0.3, -0.25) is 0 Å².